The Bertz CT molecular complexity index is 82.9. The molecule has 0 heterocycles. The first kappa shape index (κ1) is 11.7. The van der Waals surface area contributed by atoms with Crippen LogP contribution in [0.3, 0.4) is 0 Å². The van der Waals surface area contributed by atoms with Gasteiger partial charge in [-0.25, -0.2) is 0 Å². The Morgan fingerprint density at radius 1 is 1.33 bits per heavy atom. The van der Waals surface area contributed by atoms with E-state index < -0.39 is 0 Å². The third kappa shape index (κ3) is 11.5. The highest BCUT2D eigenvalue weighted by Crippen LogP contribution is 1.82. The van der Waals surface area contributed by atoms with Crippen LogP contribution in [0.1, 0.15) is 13.8 Å². The molecule has 0 aliphatic rings. The number of nitrogens with one attached hydrogen (secondary N) is 1. The van der Waals surface area contributed by atoms with E-state index >= 15 is 0 Å². The minimum Gasteiger partial charge on any atom is -1.00 e. The standard InChI is InChI=1S/C7H15N.ClH/c1-7(2)5-6-8(3)4;/h5H,6H2,1-4H3;1H. The molecule has 9 heavy (non-hydrogen) atoms. The van der Waals surface area contributed by atoms with Crippen LogP contribution in [-0.2, 0) is 0 Å². The number of likely N-dealkylation sites (N-methyl/N-ethyl adjacent to an activating group) is 1. The average molecular weight is 150 g/mol. The van der Waals surface area contributed by atoms with Gasteiger partial charge in [0, 0.05) is 0 Å². The first-order chi connectivity index (χ1) is 3.63. The second-order valence-electron chi connectivity index (χ2n) is 2.69. The lowest BCUT2D eigenvalue weighted by Gasteiger charge is -2.01. The van der Waals surface area contributed by atoms with Gasteiger partial charge in [-0.15, -0.1) is 0 Å². The van der Waals surface area contributed by atoms with Crippen molar-refractivity contribution < 1.29 is 17.3 Å². The molecule has 0 unspecified atom stereocenters. The first-order valence-corrected chi connectivity index (χ1v) is 3.05. The maximum atomic E-state index is 2.25. The molecule has 0 atom stereocenters. The Labute approximate surface area is 64.2 Å². The van der Waals surface area contributed by atoms with Crippen molar-refractivity contribution in [1.29, 1.82) is 0 Å². The van der Waals surface area contributed by atoms with Crippen molar-refractivity contribution in [3.05, 3.63) is 11.6 Å². The smallest absolute Gasteiger partial charge is 0.0956 e. The number of hydrogen-bond donors (Lipinski definition) is 1. The summed E-state index contributed by atoms with van der Waals surface area (Å²) in [7, 11) is 4.30. The van der Waals surface area contributed by atoms with Gasteiger partial charge in [0.2, 0.25) is 0 Å². The van der Waals surface area contributed by atoms with Crippen LogP contribution >= 0.6 is 0 Å². The molecule has 1 nitrogen and oxygen atoms in total. The molecule has 2 heteroatoms. The summed E-state index contributed by atoms with van der Waals surface area (Å²) in [6, 6.07) is 0. The lowest BCUT2D eigenvalue weighted by Crippen LogP contribution is -3.05. The summed E-state index contributed by atoms with van der Waals surface area (Å²) in [5, 5.41) is 0. The summed E-state index contributed by atoms with van der Waals surface area (Å²) in [6.45, 7) is 5.40. The number of allylic oxidation sites excluding steroid dienone is 1. The summed E-state index contributed by atoms with van der Waals surface area (Å²) in [6.07, 6.45) is 2.25. The average Bonchev–Trinajstić information content (AvgIpc) is 1.61. The van der Waals surface area contributed by atoms with Crippen molar-refractivity contribution in [3.8, 4) is 0 Å². The summed E-state index contributed by atoms with van der Waals surface area (Å²) in [4.78, 5) is 1.48. The van der Waals surface area contributed by atoms with Gasteiger partial charge in [-0.1, -0.05) is 5.57 Å². The van der Waals surface area contributed by atoms with E-state index in [-0.39, 0.29) is 12.4 Å². The number of quaternary nitrogens is 1. The molecule has 0 bridgehead atoms. The van der Waals surface area contributed by atoms with E-state index in [4.69, 9.17) is 0 Å². The monoisotopic (exact) mass is 149 g/mol. The van der Waals surface area contributed by atoms with E-state index in [9.17, 15) is 0 Å². The molecule has 0 aliphatic carbocycles. The molecule has 56 valence electrons. The van der Waals surface area contributed by atoms with Gasteiger partial charge in [-0.3, -0.25) is 0 Å². The second-order valence-corrected chi connectivity index (χ2v) is 2.69. The van der Waals surface area contributed by atoms with Gasteiger partial charge in [0.1, 0.15) is 0 Å². The molecule has 0 radical (unpaired) electrons. The normalized spacial score (nSPS) is 8.56. The molecule has 0 aromatic heterocycles. The predicted molar refractivity (Wildman–Crippen MR) is 37.1 cm³/mol. The second kappa shape index (κ2) is 6.12. The third-order valence-electron chi connectivity index (χ3n) is 0.919. The third-order valence-corrected chi connectivity index (χ3v) is 0.919. The summed E-state index contributed by atoms with van der Waals surface area (Å²) < 4.78 is 0. The molecular weight excluding hydrogens is 134 g/mol. The van der Waals surface area contributed by atoms with Crippen LogP contribution in [0.2, 0.25) is 0 Å². The van der Waals surface area contributed by atoms with E-state index in [1.165, 1.54) is 10.5 Å². The van der Waals surface area contributed by atoms with E-state index in [0.29, 0.717) is 0 Å². The molecule has 0 saturated heterocycles. The highest BCUT2D eigenvalue weighted by molar-refractivity contribution is 4.92. The Kier molecular flexibility index (Phi) is 7.98. The lowest BCUT2D eigenvalue weighted by molar-refractivity contribution is -0.851. The van der Waals surface area contributed by atoms with Gasteiger partial charge in [-0.2, -0.15) is 0 Å². The van der Waals surface area contributed by atoms with Crippen molar-refractivity contribution in [2.75, 3.05) is 20.6 Å². The van der Waals surface area contributed by atoms with Crippen LogP contribution in [0.15, 0.2) is 11.6 Å². The van der Waals surface area contributed by atoms with Crippen LogP contribution in [0.4, 0.5) is 0 Å². The minimum absolute atomic E-state index is 0. The molecule has 0 aromatic carbocycles. The Morgan fingerprint density at radius 2 is 1.78 bits per heavy atom. The van der Waals surface area contributed by atoms with E-state index in [1.807, 2.05) is 0 Å². The highest BCUT2D eigenvalue weighted by Gasteiger charge is 1.84. The zero-order valence-corrected chi connectivity index (χ0v) is 7.42. The van der Waals surface area contributed by atoms with Gasteiger partial charge >= 0.3 is 0 Å². The molecule has 0 saturated carbocycles. The maximum Gasteiger partial charge on any atom is 0.0956 e. The van der Waals surface area contributed by atoms with Crippen LogP contribution in [-0.4, -0.2) is 20.6 Å². The van der Waals surface area contributed by atoms with Gasteiger partial charge in [0.15, 0.2) is 0 Å². The lowest BCUT2D eigenvalue weighted by atomic mass is 10.3. The van der Waals surface area contributed by atoms with Gasteiger partial charge < -0.3 is 17.3 Å². The van der Waals surface area contributed by atoms with E-state index in [2.05, 4.69) is 34.0 Å². The molecule has 0 aliphatic heterocycles. The summed E-state index contributed by atoms with van der Waals surface area (Å²) in [5.41, 5.74) is 1.41. The SMILES string of the molecule is CC(C)=CC[NH+](C)C.[Cl-]. The fourth-order valence-electron chi connectivity index (χ4n) is 0.408. The molecule has 0 fully saturated rings. The van der Waals surface area contributed by atoms with Crippen molar-refractivity contribution in [2.45, 2.75) is 13.8 Å². The Morgan fingerprint density at radius 3 is 1.89 bits per heavy atom. The molecule has 1 N–H and O–H groups in total. The highest BCUT2D eigenvalue weighted by atomic mass is 35.5. The van der Waals surface area contributed by atoms with Crippen LogP contribution in [0, 0.1) is 0 Å². The maximum absolute atomic E-state index is 2.25. The van der Waals surface area contributed by atoms with Gasteiger partial charge in [0.05, 0.1) is 20.6 Å². The summed E-state index contributed by atoms with van der Waals surface area (Å²) >= 11 is 0. The molecule has 0 spiro atoms. The van der Waals surface area contributed by atoms with Crippen LogP contribution < -0.4 is 17.3 Å². The fraction of sp³-hybridized carbons (Fsp3) is 0.714. The Hall–Kier alpha value is -0.0100. The van der Waals surface area contributed by atoms with Crippen LogP contribution in [0.25, 0.3) is 0 Å². The minimum atomic E-state index is 0. The van der Waals surface area contributed by atoms with Crippen molar-refractivity contribution >= 4 is 0 Å². The zero-order chi connectivity index (χ0) is 6.57. The Balaban J connectivity index is 0. The topological polar surface area (TPSA) is 4.44 Å². The van der Waals surface area contributed by atoms with E-state index in [1.54, 1.807) is 0 Å². The number of halogens is 1. The van der Waals surface area contributed by atoms with Crippen molar-refractivity contribution in [3.63, 3.8) is 0 Å². The molecular formula is C7H16ClN. The number of hydrogen-bond acceptors (Lipinski definition) is 0. The fourth-order valence-corrected chi connectivity index (χ4v) is 0.408. The predicted octanol–water partition coefficient (Wildman–Crippen LogP) is -2.90. The van der Waals surface area contributed by atoms with Gasteiger partial charge in [0.25, 0.3) is 0 Å². The van der Waals surface area contributed by atoms with Gasteiger partial charge in [-0.05, 0) is 19.9 Å². The summed E-state index contributed by atoms with van der Waals surface area (Å²) in [5.74, 6) is 0. The molecule has 0 aromatic rings. The quantitative estimate of drug-likeness (QED) is 0.402. The van der Waals surface area contributed by atoms with Crippen molar-refractivity contribution in [2.24, 2.45) is 0 Å². The first-order valence-electron chi connectivity index (χ1n) is 3.05. The molecule has 0 rings (SSSR count). The van der Waals surface area contributed by atoms with E-state index in [0.717, 1.165) is 6.54 Å². The number of rotatable bonds is 2. The van der Waals surface area contributed by atoms with Crippen molar-refractivity contribution in [1.82, 2.24) is 0 Å². The molecule has 0 amide bonds. The zero-order valence-electron chi connectivity index (χ0n) is 6.66. The van der Waals surface area contributed by atoms with Crippen LogP contribution in [0.5, 0.6) is 0 Å². The largest absolute Gasteiger partial charge is 1.00 e.